The minimum Gasteiger partial charge on any atom is -0.384 e. The predicted molar refractivity (Wildman–Crippen MR) is 121 cm³/mol. The molecule has 0 aromatic carbocycles. The number of halogens is 1. The second-order valence-corrected chi connectivity index (χ2v) is 7.56. The Hall–Kier alpha value is -1.94. The fraction of sp³-hybridized carbons (Fsp3) is 0.500. The van der Waals surface area contributed by atoms with E-state index in [1.165, 1.54) is 6.42 Å². The largest absolute Gasteiger partial charge is 0.384 e. The van der Waals surface area contributed by atoms with E-state index in [1.54, 1.807) is 26.4 Å². The Bertz CT molecular complexity index is 712. The average Bonchev–Trinajstić information content (AvgIpc) is 3.41. The van der Waals surface area contributed by atoms with Gasteiger partial charge in [0.1, 0.15) is 22.1 Å². The molecule has 0 unspecified atom stereocenters. The first-order chi connectivity index (χ1) is 14.0. The molecule has 4 rings (SSSR count). The van der Waals surface area contributed by atoms with Gasteiger partial charge in [-0.05, 0) is 59.6 Å². The number of nitrogen functional groups attached to an aromatic ring is 2. The van der Waals surface area contributed by atoms with Gasteiger partial charge in [0.2, 0.25) is 0 Å². The van der Waals surface area contributed by atoms with Crippen molar-refractivity contribution in [3.63, 3.8) is 0 Å². The Morgan fingerprint density at radius 1 is 1.00 bits per heavy atom. The molecule has 0 saturated carbocycles. The maximum Gasteiger partial charge on any atom is 0.131 e. The number of ether oxygens (including phenoxy) is 2. The van der Waals surface area contributed by atoms with Gasteiger partial charge in [-0.25, -0.2) is 9.97 Å². The number of nitrogens with two attached hydrogens (primary N) is 2. The minimum atomic E-state index is 0.332. The molecule has 2 aromatic heterocycles. The summed E-state index contributed by atoms with van der Waals surface area (Å²) >= 11 is 3.17. The summed E-state index contributed by atoms with van der Waals surface area (Å²) in [4.78, 5) is 10.3. The second kappa shape index (κ2) is 12.6. The van der Waals surface area contributed by atoms with Crippen LogP contribution in [0, 0.1) is 0 Å². The predicted octanol–water partition coefficient (Wildman–Crippen LogP) is 2.31. The van der Waals surface area contributed by atoms with Gasteiger partial charge in [-0.3, -0.25) is 0 Å². The van der Waals surface area contributed by atoms with Crippen molar-refractivity contribution in [2.75, 3.05) is 56.8 Å². The SMILES string of the molecule is CO[C@H]1CCN(c2cccc(N)n2)C1.CO[C@H]1CCNC1.Nc1cccc(Br)n1. The van der Waals surface area contributed by atoms with Crippen molar-refractivity contribution in [3.05, 3.63) is 41.0 Å². The first kappa shape index (κ1) is 23.3. The monoisotopic (exact) mass is 466 g/mol. The van der Waals surface area contributed by atoms with E-state index in [0.29, 0.717) is 23.8 Å². The lowest BCUT2D eigenvalue weighted by molar-refractivity contribution is 0.119. The van der Waals surface area contributed by atoms with E-state index in [0.717, 1.165) is 43.0 Å². The van der Waals surface area contributed by atoms with Crippen molar-refractivity contribution in [3.8, 4) is 0 Å². The van der Waals surface area contributed by atoms with Crippen LogP contribution in [0.25, 0.3) is 0 Å². The Balaban J connectivity index is 0.000000170. The summed E-state index contributed by atoms with van der Waals surface area (Å²) in [5.74, 6) is 2.06. The third-order valence-corrected chi connectivity index (χ3v) is 5.09. The third-order valence-electron chi connectivity index (χ3n) is 4.64. The van der Waals surface area contributed by atoms with Crippen LogP contribution in [-0.2, 0) is 9.47 Å². The highest BCUT2D eigenvalue weighted by atomic mass is 79.9. The van der Waals surface area contributed by atoms with Crippen LogP contribution in [0.1, 0.15) is 12.8 Å². The quantitative estimate of drug-likeness (QED) is 0.590. The average molecular weight is 467 g/mol. The fourth-order valence-electron chi connectivity index (χ4n) is 3.00. The van der Waals surface area contributed by atoms with Gasteiger partial charge in [-0.15, -0.1) is 0 Å². The highest BCUT2D eigenvalue weighted by Crippen LogP contribution is 2.20. The van der Waals surface area contributed by atoms with Gasteiger partial charge >= 0.3 is 0 Å². The first-order valence-corrected chi connectivity index (χ1v) is 10.4. The number of nitrogens with one attached hydrogen (secondary N) is 1. The van der Waals surface area contributed by atoms with Crippen LogP contribution >= 0.6 is 15.9 Å². The zero-order chi connectivity index (χ0) is 21.1. The van der Waals surface area contributed by atoms with Gasteiger partial charge in [-0.2, -0.15) is 0 Å². The van der Waals surface area contributed by atoms with Gasteiger partial charge in [0.15, 0.2) is 0 Å². The zero-order valence-electron chi connectivity index (χ0n) is 17.1. The molecular weight excluding hydrogens is 436 g/mol. The zero-order valence-corrected chi connectivity index (χ0v) is 18.6. The molecule has 2 aromatic rings. The normalized spacial score (nSPS) is 20.4. The molecule has 5 N–H and O–H groups in total. The first-order valence-electron chi connectivity index (χ1n) is 9.63. The molecule has 9 heteroatoms. The van der Waals surface area contributed by atoms with Crippen LogP contribution in [0.3, 0.4) is 0 Å². The van der Waals surface area contributed by atoms with Gasteiger partial charge in [0.25, 0.3) is 0 Å². The van der Waals surface area contributed by atoms with Crippen molar-refractivity contribution in [1.82, 2.24) is 15.3 Å². The third kappa shape index (κ3) is 8.53. The Labute approximate surface area is 181 Å². The molecule has 29 heavy (non-hydrogen) atoms. The molecule has 0 amide bonds. The van der Waals surface area contributed by atoms with Crippen LogP contribution in [0.5, 0.6) is 0 Å². The Morgan fingerprint density at radius 3 is 2.14 bits per heavy atom. The molecule has 0 spiro atoms. The van der Waals surface area contributed by atoms with E-state index >= 15 is 0 Å². The van der Waals surface area contributed by atoms with Crippen LogP contribution in [0.2, 0.25) is 0 Å². The molecule has 4 heterocycles. The van der Waals surface area contributed by atoms with Crippen molar-refractivity contribution >= 4 is 33.4 Å². The molecule has 2 fully saturated rings. The maximum absolute atomic E-state index is 5.62. The molecule has 8 nitrogen and oxygen atoms in total. The number of hydrogen-bond acceptors (Lipinski definition) is 8. The summed E-state index contributed by atoms with van der Waals surface area (Å²) in [5.41, 5.74) is 10.9. The number of pyridine rings is 2. The standard InChI is InChI=1S/C10H15N3O.C5H5BrN2.C5H11NO/c1-14-8-5-6-13(7-8)10-4-2-3-9(11)12-10;6-4-2-1-3-5(7)8-4;1-7-5-2-3-6-4-5/h2-4,8H,5-7H2,1H3,(H2,11,12);1-3H,(H2,7,8);5-6H,2-4H2,1H3/t8-;;5-/m0.0/s1. The van der Waals surface area contributed by atoms with Crippen LogP contribution in [0.15, 0.2) is 41.0 Å². The summed E-state index contributed by atoms with van der Waals surface area (Å²) < 4.78 is 11.1. The molecular formula is C20H31BrN6O2. The van der Waals surface area contributed by atoms with E-state index in [2.05, 4.69) is 36.1 Å². The highest BCUT2D eigenvalue weighted by Gasteiger charge is 2.22. The van der Waals surface area contributed by atoms with Crippen molar-refractivity contribution in [2.45, 2.75) is 25.0 Å². The molecule has 0 radical (unpaired) electrons. The second-order valence-electron chi connectivity index (χ2n) is 6.75. The molecule has 0 aliphatic carbocycles. The number of aromatic nitrogens is 2. The van der Waals surface area contributed by atoms with E-state index in [9.17, 15) is 0 Å². The van der Waals surface area contributed by atoms with Crippen LogP contribution in [-0.4, -0.2) is 62.6 Å². The van der Waals surface area contributed by atoms with E-state index < -0.39 is 0 Å². The Morgan fingerprint density at radius 2 is 1.69 bits per heavy atom. The number of methoxy groups -OCH3 is 2. The van der Waals surface area contributed by atoms with Gasteiger partial charge < -0.3 is 31.2 Å². The van der Waals surface area contributed by atoms with E-state index in [-0.39, 0.29) is 0 Å². The molecule has 2 saturated heterocycles. The number of nitrogens with zero attached hydrogens (tertiary/aromatic N) is 3. The molecule has 2 aliphatic rings. The minimum absolute atomic E-state index is 0.332. The van der Waals surface area contributed by atoms with Crippen molar-refractivity contribution < 1.29 is 9.47 Å². The Kier molecular flexibility index (Phi) is 10.1. The maximum atomic E-state index is 5.62. The number of anilines is 3. The summed E-state index contributed by atoms with van der Waals surface area (Å²) in [6.07, 6.45) is 3.06. The molecule has 160 valence electrons. The van der Waals surface area contributed by atoms with Crippen LogP contribution in [0.4, 0.5) is 17.5 Å². The molecule has 2 aliphatic heterocycles. The lowest BCUT2D eigenvalue weighted by atomic mass is 10.3. The smallest absolute Gasteiger partial charge is 0.131 e. The highest BCUT2D eigenvalue weighted by molar-refractivity contribution is 9.10. The molecule has 2 atom stereocenters. The number of rotatable bonds is 3. The summed E-state index contributed by atoms with van der Waals surface area (Å²) in [5, 5.41) is 3.20. The number of hydrogen-bond donors (Lipinski definition) is 3. The van der Waals surface area contributed by atoms with Crippen LogP contribution < -0.4 is 21.7 Å². The summed E-state index contributed by atoms with van der Waals surface area (Å²) in [6.45, 7) is 4.07. The fourth-order valence-corrected chi connectivity index (χ4v) is 3.36. The van der Waals surface area contributed by atoms with Gasteiger partial charge in [0, 0.05) is 33.9 Å². The lowest BCUT2D eigenvalue weighted by Crippen LogP contribution is -2.23. The van der Waals surface area contributed by atoms with Gasteiger partial charge in [-0.1, -0.05) is 12.1 Å². The molecule has 0 bridgehead atoms. The summed E-state index contributed by atoms with van der Waals surface area (Å²) in [6, 6.07) is 11.1. The summed E-state index contributed by atoms with van der Waals surface area (Å²) in [7, 11) is 3.51. The van der Waals surface area contributed by atoms with E-state index in [4.69, 9.17) is 20.9 Å². The van der Waals surface area contributed by atoms with Crippen molar-refractivity contribution in [1.29, 1.82) is 0 Å². The van der Waals surface area contributed by atoms with Crippen molar-refractivity contribution in [2.24, 2.45) is 0 Å². The van der Waals surface area contributed by atoms with E-state index in [1.807, 2.05) is 24.3 Å². The topological polar surface area (TPSA) is 112 Å². The van der Waals surface area contributed by atoms with Gasteiger partial charge in [0.05, 0.1) is 12.2 Å². The lowest BCUT2D eigenvalue weighted by Gasteiger charge is -2.16.